The number of carbonyl (C=O) groups excluding carboxylic acids is 1. The Kier molecular flexibility index (Phi) is 3.68. The Labute approximate surface area is 130 Å². The molecule has 1 N–H and O–H groups in total. The van der Waals surface area contributed by atoms with E-state index in [0.29, 0.717) is 11.4 Å². The van der Waals surface area contributed by atoms with Crippen molar-refractivity contribution in [2.45, 2.75) is 0 Å². The van der Waals surface area contributed by atoms with E-state index in [1.54, 1.807) is 28.7 Å². The maximum absolute atomic E-state index is 13.8. The smallest absolute Gasteiger partial charge is 0.261 e. The number of aromatic nitrogens is 3. The molecule has 112 valence electrons. The molecule has 0 bridgehead atoms. The second kappa shape index (κ2) is 5.65. The molecule has 0 atom stereocenters. The minimum Gasteiger partial charge on any atom is -0.319 e. The summed E-state index contributed by atoms with van der Waals surface area (Å²) in [5.41, 5.74) is 0.407. The molecule has 2 heterocycles. The second-order valence-corrected chi connectivity index (χ2v) is 5.11. The monoisotopic (exact) mass is 318 g/mol. The number of aryl methyl sites for hydroxylation is 1. The van der Waals surface area contributed by atoms with E-state index in [1.807, 2.05) is 12.1 Å². The zero-order valence-electron chi connectivity index (χ0n) is 11.6. The van der Waals surface area contributed by atoms with Crippen molar-refractivity contribution >= 4 is 23.2 Å². The fourth-order valence-corrected chi connectivity index (χ4v) is 2.31. The number of hydrogen-bond acceptors (Lipinski definition) is 2. The van der Waals surface area contributed by atoms with Gasteiger partial charge in [-0.3, -0.25) is 9.48 Å². The average Bonchev–Trinajstić information content (AvgIpc) is 3.10. The molecule has 3 rings (SSSR count). The van der Waals surface area contributed by atoms with Gasteiger partial charge in [0.2, 0.25) is 0 Å². The number of anilines is 1. The number of nitrogens with zero attached hydrogens (tertiary/aromatic N) is 3. The third kappa shape index (κ3) is 2.60. The van der Waals surface area contributed by atoms with Crippen LogP contribution in [0.4, 0.5) is 10.1 Å². The topological polar surface area (TPSA) is 51.9 Å². The Morgan fingerprint density at radius 1 is 1.32 bits per heavy atom. The molecule has 3 aromatic rings. The van der Waals surface area contributed by atoms with Crippen molar-refractivity contribution in [2.24, 2.45) is 7.05 Å². The Hall–Kier alpha value is -2.60. The minimum atomic E-state index is -0.591. The van der Waals surface area contributed by atoms with E-state index < -0.39 is 11.7 Å². The van der Waals surface area contributed by atoms with Crippen LogP contribution in [0.1, 0.15) is 10.4 Å². The largest absolute Gasteiger partial charge is 0.319 e. The standard InChI is InChI=1S/C15H12ClFN4O/c1-20-15(21-6-2-3-7-21)11(9-18-20)14(22)19-13-5-4-10(16)8-12(13)17/h2-9H,1H3,(H,19,22). The molecule has 0 aliphatic rings. The molecule has 0 unspecified atom stereocenters. The molecule has 1 aromatic carbocycles. The predicted molar refractivity (Wildman–Crippen MR) is 81.9 cm³/mol. The Balaban J connectivity index is 1.93. The molecule has 5 nitrogen and oxygen atoms in total. The first kappa shape index (κ1) is 14.3. The van der Waals surface area contributed by atoms with Gasteiger partial charge in [0.25, 0.3) is 5.91 Å². The first-order valence-corrected chi connectivity index (χ1v) is 6.86. The van der Waals surface area contributed by atoms with Gasteiger partial charge in [-0.2, -0.15) is 5.10 Å². The summed E-state index contributed by atoms with van der Waals surface area (Å²) >= 11 is 5.70. The Bertz CT molecular complexity index is 826. The van der Waals surface area contributed by atoms with Crippen LogP contribution in [0.2, 0.25) is 5.02 Å². The van der Waals surface area contributed by atoms with Gasteiger partial charge >= 0.3 is 0 Å². The van der Waals surface area contributed by atoms with Crippen molar-refractivity contribution in [3.8, 4) is 5.82 Å². The van der Waals surface area contributed by atoms with Crippen LogP contribution in [0.25, 0.3) is 5.82 Å². The predicted octanol–water partition coefficient (Wildman–Crippen LogP) is 3.26. The Morgan fingerprint density at radius 3 is 2.73 bits per heavy atom. The number of rotatable bonds is 3. The van der Waals surface area contributed by atoms with Gasteiger partial charge in [0.15, 0.2) is 0 Å². The van der Waals surface area contributed by atoms with Gasteiger partial charge < -0.3 is 9.88 Å². The summed E-state index contributed by atoms with van der Waals surface area (Å²) in [7, 11) is 1.73. The molecule has 1 amide bonds. The van der Waals surface area contributed by atoms with Crippen LogP contribution in [0, 0.1) is 5.82 Å². The lowest BCUT2D eigenvalue weighted by Gasteiger charge is -2.09. The van der Waals surface area contributed by atoms with Crippen LogP contribution in [0.5, 0.6) is 0 Å². The third-order valence-electron chi connectivity index (χ3n) is 3.18. The summed E-state index contributed by atoms with van der Waals surface area (Å²) in [6, 6.07) is 7.76. The maximum atomic E-state index is 13.8. The lowest BCUT2D eigenvalue weighted by atomic mass is 10.2. The third-order valence-corrected chi connectivity index (χ3v) is 3.42. The normalized spacial score (nSPS) is 10.7. The van der Waals surface area contributed by atoms with Crippen LogP contribution in [-0.2, 0) is 7.05 Å². The lowest BCUT2D eigenvalue weighted by molar-refractivity contribution is 0.102. The summed E-state index contributed by atoms with van der Waals surface area (Å²) in [6.45, 7) is 0. The first-order chi connectivity index (χ1) is 10.6. The van der Waals surface area contributed by atoms with E-state index in [9.17, 15) is 9.18 Å². The number of nitrogens with one attached hydrogen (secondary N) is 1. The molecule has 0 saturated heterocycles. The number of carbonyl (C=O) groups is 1. The molecule has 0 aliphatic carbocycles. The summed E-state index contributed by atoms with van der Waals surface area (Å²) in [5, 5.41) is 6.89. The molecule has 2 aromatic heterocycles. The highest BCUT2D eigenvalue weighted by Crippen LogP contribution is 2.21. The van der Waals surface area contributed by atoms with Gasteiger partial charge in [-0.05, 0) is 30.3 Å². The van der Waals surface area contributed by atoms with Crippen molar-refractivity contribution < 1.29 is 9.18 Å². The van der Waals surface area contributed by atoms with Crippen molar-refractivity contribution in [2.75, 3.05) is 5.32 Å². The molecule has 0 saturated carbocycles. The van der Waals surface area contributed by atoms with Gasteiger partial charge in [-0.1, -0.05) is 11.6 Å². The highest BCUT2D eigenvalue weighted by atomic mass is 35.5. The maximum Gasteiger partial charge on any atom is 0.261 e. The van der Waals surface area contributed by atoms with E-state index in [-0.39, 0.29) is 10.7 Å². The van der Waals surface area contributed by atoms with Crippen LogP contribution in [0.15, 0.2) is 48.9 Å². The van der Waals surface area contributed by atoms with Gasteiger partial charge in [0.05, 0.1) is 11.9 Å². The van der Waals surface area contributed by atoms with E-state index in [4.69, 9.17) is 11.6 Å². The summed E-state index contributed by atoms with van der Waals surface area (Å²) in [4.78, 5) is 12.4. The molecular weight excluding hydrogens is 307 g/mol. The van der Waals surface area contributed by atoms with E-state index in [1.165, 1.54) is 18.3 Å². The molecule has 0 aliphatic heterocycles. The van der Waals surface area contributed by atoms with Gasteiger partial charge in [0.1, 0.15) is 17.2 Å². The molecule has 0 spiro atoms. The van der Waals surface area contributed by atoms with Crippen molar-refractivity contribution in [3.63, 3.8) is 0 Å². The van der Waals surface area contributed by atoms with Crippen LogP contribution >= 0.6 is 11.6 Å². The summed E-state index contributed by atoms with van der Waals surface area (Å²) in [6.07, 6.45) is 5.05. The fourth-order valence-electron chi connectivity index (χ4n) is 2.15. The Morgan fingerprint density at radius 2 is 2.05 bits per heavy atom. The SMILES string of the molecule is Cn1ncc(C(=O)Nc2ccc(Cl)cc2F)c1-n1cccc1. The highest BCUT2D eigenvalue weighted by Gasteiger charge is 2.18. The van der Waals surface area contributed by atoms with Gasteiger partial charge in [0, 0.05) is 24.5 Å². The average molecular weight is 319 g/mol. The van der Waals surface area contributed by atoms with Crippen LogP contribution in [-0.4, -0.2) is 20.3 Å². The van der Waals surface area contributed by atoms with Gasteiger partial charge in [-0.15, -0.1) is 0 Å². The molecule has 7 heteroatoms. The number of benzene rings is 1. The van der Waals surface area contributed by atoms with Crippen LogP contribution < -0.4 is 5.32 Å². The van der Waals surface area contributed by atoms with E-state index >= 15 is 0 Å². The zero-order valence-corrected chi connectivity index (χ0v) is 12.4. The molecule has 0 fully saturated rings. The van der Waals surface area contributed by atoms with Gasteiger partial charge in [-0.25, -0.2) is 4.39 Å². The minimum absolute atomic E-state index is 0.0664. The quantitative estimate of drug-likeness (QED) is 0.806. The second-order valence-electron chi connectivity index (χ2n) is 4.67. The zero-order chi connectivity index (χ0) is 15.7. The first-order valence-electron chi connectivity index (χ1n) is 6.48. The highest BCUT2D eigenvalue weighted by molar-refractivity contribution is 6.30. The lowest BCUT2D eigenvalue weighted by Crippen LogP contribution is -2.15. The van der Waals surface area contributed by atoms with Crippen molar-refractivity contribution in [1.82, 2.24) is 14.3 Å². The van der Waals surface area contributed by atoms with Crippen molar-refractivity contribution in [1.29, 1.82) is 0 Å². The fraction of sp³-hybridized carbons (Fsp3) is 0.0667. The molecule has 0 radical (unpaired) electrons. The molecular formula is C15H12ClFN4O. The number of hydrogen-bond donors (Lipinski definition) is 1. The van der Waals surface area contributed by atoms with E-state index in [2.05, 4.69) is 10.4 Å². The van der Waals surface area contributed by atoms with Crippen LogP contribution in [0.3, 0.4) is 0 Å². The number of halogens is 2. The van der Waals surface area contributed by atoms with E-state index in [0.717, 1.165) is 6.07 Å². The number of amides is 1. The summed E-state index contributed by atoms with van der Waals surface area (Å²) in [5.74, 6) is -0.442. The molecule has 22 heavy (non-hydrogen) atoms. The van der Waals surface area contributed by atoms with Crippen molar-refractivity contribution in [3.05, 3.63) is 65.3 Å². The summed E-state index contributed by atoms with van der Waals surface area (Å²) < 4.78 is 17.1.